The molecule has 2 nitrogen and oxygen atoms in total. The Kier molecular flexibility index (Phi) is 19.4. The van der Waals surface area contributed by atoms with Crippen LogP contribution in [0.4, 0.5) is 0 Å². The van der Waals surface area contributed by atoms with E-state index in [1.54, 1.807) is 0 Å². The van der Waals surface area contributed by atoms with Crippen molar-refractivity contribution in [2.45, 2.75) is 130 Å². The predicted octanol–water partition coefficient (Wildman–Crippen LogP) is 8.39. The van der Waals surface area contributed by atoms with Gasteiger partial charge in [0.05, 0.1) is 12.5 Å². The zero-order chi connectivity index (χ0) is 20.2. The fourth-order valence-electron chi connectivity index (χ4n) is 3.35. The van der Waals surface area contributed by atoms with E-state index >= 15 is 0 Å². The largest absolute Gasteiger partial charge is 0.465 e. The summed E-state index contributed by atoms with van der Waals surface area (Å²) >= 11 is 0. The Morgan fingerprint density at radius 3 is 1.67 bits per heavy atom. The van der Waals surface area contributed by atoms with Crippen LogP contribution in [0.25, 0.3) is 0 Å². The van der Waals surface area contributed by atoms with Crippen LogP contribution in [0, 0.1) is 5.92 Å². The molecule has 0 aliphatic rings. The summed E-state index contributed by atoms with van der Waals surface area (Å²) < 4.78 is 5.41. The normalized spacial score (nSPS) is 12.0. The van der Waals surface area contributed by atoms with E-state index in [0.717, 1.165) is 19.3 Å². The second kappa shape index (κ2) is 20.0. The number of carbonyl (C=O) groups excluding carboxylic acids is 1. The highest BCUT2D eigenvalue weighted by atomic mass is 16.5. The van der Waals surface area contributed by atoms with Crippen LogP contribution in [0.5, 0.6) is 0 Å². The second-order valence-corrected chi connectivity index (χ2v) is 8.52. The van der Waals surface area contributed by atoms with E-state index in [1.807, 2.05) is 6.92 Å². The highest BCUT2D eigenvalue weighted by molar-refractivity contribution is 5.71. The summed E-state index contributed by atoms with van der Waals surface area (Å²) in [6, 6.07) is 0. The van der Waals surface area contributed by atoms with Crippen LogP contribution in [0.1, 0.15) is 130 Å². The minimum atomic E-state index is -0.0214. The highest BCUT2D eigenvalue weighted by Crippen LogP contribution is 2.13. The predicted molar refractivity (Wildman–Crippen MR) is 119 cm³/mol. The smallest absolute Gasteiger partial charge is 0.308 e. The van der Waals surface area contributed by atoms with Gasteiger partial charge in [-0.2, -0.15) is 0 Å². The van der Waals surface area contributed by atoms with Gasteiger partial charge in [-0.15, -0.1) is 0 Å². The zero-order valence-electron chi connectivity index (χ0n) is 19.0. The van der Waals surface area contributed by atoms with E-state index in [4.69, 9.17) is 4.74 Å². The average molecular weight is 381 g/mol. The molecule has 0 radical (unpaired) electrons. The Bertz CT molecular complexity index is 355. The summed E-state index contributed by atoms with van der Waals surface area (Å²) in [5.41, 5.74) is 1.32. The lowest BCUT2D eigenvalue weighted by molar-refractivity contribution is -0.148. The summed E-state index contributed by atoms with van der Waals surface area (Å²) in [5.74, 6) is -0.000838. The van der Waals surface area contributed by atoms with Crippen molar-refractivity contribution in [1.29, 1.82) is 0 Å². The Balaban J connectivity index is 3.28. The summed E-state index contributed by atoms with van der Waals surface area (Å²) in [5, 5.41) is 0. The summed E-state index contributed by atoms with van der Waals surface area (Å²) in [4.78, 5) is 11.9. The molecule has 0 spiro atoms. The number of carbonyl (C=O) groups is 1. The molecule has 0 bridgehead atoms. The fourth-order valence-corrected chi connectivity index (χ4v) is 3.35. The monoisotopic (exact) mass is 380 g/mol. The van der Waals surface area contributed by atoms with Crippen LogP contribution in [0.2, 0.25) is 0 Å². The molecule has 0 N–H and O–H groups in total. The SMILES string of the molecule is CCCCCCCCCCCCCCCCOC(=O)[C@@H](C)CCC=C(C)C. The maximum Gasteiger partial charge on any atom is 0.308 e. The average Bonchev–Trinajstić information content (AvgIpc) is 2.64. The third kappa shape index (κ3) is 19.8. The minimum absolute atomic E-state index is 0.0206. The van der Waals surface area contributed by atoms with Crippen molar-refractivity contribution in [2.75, 3.05) is 6.61 Å². The van der Waals surface area contributed by atoms with Gasteiger partial charge in [-0.05, 0) is 33.1 Å². The van der Waals surface area contributed by atoms with Crippen LogP contribution in [0.3, 0.4) is 0 Å². The van der Waals surface area contributed by atoms with Crippen molar-refractivity contribution in [3.05, 3.63) is 11.6 Å². The van der Waals surface area contributed by atoms with Gasteiger partial charge in [-0.1, -0.05) is 109 Å². The van der Waals surface area contributed by atoms with E-state index in [2.05, 4.69) is 26.8 Å². The van der Waals surface area contributed by atoms with Gasteiger partial charge in [0, 0.05) is 0 Å². The quantitative estimate of drug-likeness (QED) is 0.128. The van der Waals surface area contributed by atoms with Crippen LogP contribution >= 0.6 is 0 Å². The van der Waals surface area contributed by atoms with Gasteiger partial charge in [-0.3, -0.25) is 4.79 Å². The third-order valence-electron chi connectivity index (χ3n) is 5.30. The van der Waals surface area contributed by atoms with Gasteiger partial charge in [0.15, 0.2) is 0 Å². The van der Waals surface area contributed by atoms with Crippen molar-refractivity contribution in [3.63, 3.8) is 0 Å². The molecule has 160 valence electrons. The van der Waals surface area contributed by atoms with Crippen LogP contribution < -0.4 is 0 Å². The maximum atomic E-state index is 11.9. The van der Waals surface area contributed by atoms with E-state index in [1.165, 1.54) is 89.0 Å². The molecule has 0 aromatic heterocycles. The van der Waals surface area contributed by atoms with E-state index in [0.29, 0.717) is 6.61 Å². The van der Waals surface area contributed by atoms with E-state index < -0.39 is 0 Å². The van der Waals surface area contributed by atoms with Crippen molar-refractivity contribution in [1.82, 2.24) is 0 Å². The highest BCUT2D eigenvalue weighted by Gasteiger charge is 2.13. The molecule has 0 aliphatic heterocycles. The van der Waals surface area contributed by atoms with Gasteiger partial charge in [0.1, 0.15) is 0 Å². The maximum absolute atomic E-state index is 11.9. The van der Waals surface area contributed by atoms with Crippen LogP contribution in [-0.2, 0) is 9.53 Å². The lowest BCUT2D eigenvalue weighted by atomic mass is 10.0. The molecule has 1 atom stereocenters. The number of hydrogen-bond donors (Lipinski definition) is 0. The molecule has 0 aliphatic carbocycles. The first-order valence-electron chi connectivity index (χ1n) is 11.9. The standard InChI is InChI=1S/C25H48O2/c1-5-6-7-8-9-10-11-12-13-14-15-16-17-18-22-27-25(26)24(4)21-19-20-23(2)3/h20,24H,5-19,21-22H2,1-4H3/t24-/m0/s1. The molecule has 2 heteroatoms. The Hall–Kier alpha value is -0.790. The first-order valence-corrected chi connectivity index (χ1v) is 11.9. The Labute approximate surface area is 170 Å². The molecule has 0 amide bonds. The molecular weight excluding hydrogens is 332 g/mol. The van der Waals surface area contributed by atoms with Gasteiger partial charge >= 0.3 is 5.97 Å². The molecule has 0 saturated heterocycles. The molecule has 0 saturated carbocycles. The second-order valence-electron chi connectivity index (χ2n) is 8.52. The third-order valence-corrected chi connectivity index (χ3v) is 5.30. The van der Waals surface area contributed by atoms with Gasteiger partial charge in [0.2, 0.25) is 0 Å². The molecule has 0 aromatic rings. The summed E-state index contributed by atoms with van der Waals surface area (Å²) in [7, 11) is 0. The minimum Gasteiger partial charge on any atom is -0.465 e. The number of allylic oxidation sites excluding steroid dienone is 2. The molecule has 0 heterocycles. The zero-order valence-corrected chi connectivity index (χ0v) is 19.0. The number of esters is 1. The summed E-state index contributed by atoms with van der Waals surface area (Å²) in [6.07, 6.45) is 23.0. The molecule has 0 unspecified atom stereocenters. The van der Waals surface area contributed by atoms with Crippen LogP contribution in [0.15, 0.2) is 11.6 Å². The van der Waals surface area contributed by atoms with E-state index in [-0.39, 0.29) is 11.9 Å². The fraction of sp³-hybridized carbons (Fsp3) is 0.880. The number of ether oxygens (including phenoxy) is 1. The van der Waals surface area contributed by atoms with Crippen molar-refractivity contribution in [2.24, 2.45) is 5.92 Å². The van der Waals surface area contributed by atoms with E-state index in [9.17, 15) is 4.79 Å². The first kappa shape index (κ1) is 26.2. The lowest BCUT2D eigenvalue weighted by Crippen LogP contribution is -2.15. The molecule has 0 aromatic carbocycles. The Morgan fingerprint density at radius 2 is 1.22 bits per heavy atom. The van der Waals surface area contributed by atoms with Crippen molar-refractivity contribution in [3.8, 4) is 0 Å². The number of hydrogen-bond acceptors (Lipinski definition) is 2. The van der Waals surface area contributed by atoms with Gasteiger partial charge in [-0.25, -0.2) is 0 Å². The van der Waals surface area contributed by atoms with Gasteiger partial charge in [0.25, 0.3) is 0 Å². The number of unbranched alkanes of at least 4 members (excludes halogenated alkanes) is 13. The van der Waals surface area contributed by atoms with Crippen molar-refractivity contribution < 1.29 is 9.53 Å². The molecule has 0 fully saturated rings. The summed E-state index contributed by atoms with van der Waals surface area (Å²) in [6.45, 7) is 9.05. The lowest BCUT2D eigenvalue weighted by Gasteiger charge is -2.10. The topological polar surface area (TPSA) is 26.3 Å². The first-order chi connectivity index (χ1) is 13.1. The van der Waals surface area contributed by atoms with Crippen LogP contribution in [-0.4, -0.2) is 12.6 Å². The number of rotatable bonds is 19. The van der Waals surface area contributed by atoms with Crippen molar-refractivity contribution >= 4 is 5.97 Å². The molecule has 27 heavy (non-hydrogen) atoms. The molecule has 0 rings (SSSR count). The Morgan fingerprint density at radius 1 is 0.778 bits per heavy atom. The van der Waals surface area contributed by atoms with Gasteiger partial charge < -0.3 is 4.74 Å². The molecular formula is C25H48O2.